The third-order valence-electron chi connectivity index (χ3n) is 3.90. The number of aromatic nitrogens is 2. The summed E-state index contributed by atoms with van der Waals surface area (Å²) in [7, 11) is -3.59. The highest BCUT2D eigenvalue weighted by atomic mass is 35.5. The minimum absolute atomic E-state index is 0.202. The molecule has 2 heterocycles. The topological polar surface area (TPSA) is 97.5 Å². The van der Waals surface area contributed by atoms with Crippen LogP contribution in [0.4, 0.5) is 0 Å². The number of benzene rings is 2. The molecule has 0 fully saturated rings. The van der Waals surface area contributed by atoms with E-state index in [-0.39, 0.29) is 16.6 Å². The third kappa shape index (κ3) is 2.87. The summed E-state index contributed by atoms with van der Waals surface area (Å²) in [4.78, 5) is 8.94. The van der Waals surface area contributed by atoms with E-state index in [1.165, 1.54) is 6.07 Å². The Bertz CT molecular complexity index is 1120. The molecule has 0 spiro atoms. The van der Waals surface area contributed by atoms with E-state index < -0.39 is 16.1 Å². The first kappa shape index (κ1) is 16.7. The van der Waals surface area contributed by atoms with Crippen LogP contribution in [-0.4, -0.2) is 24.4 Å². The van der Waals surface area contributed by atoms with Crippen molar-refractivity contribution in [2.45, 2.75) is 17.9 Å². The quantitative estimate of drug-likeness (QED) is 0.743. The lowest BCUT2D eigenvalue weighted by molar-refractivity contribution is 0.362. The molecule has 3 aromatic rings. The molecule has 26 heavy (non-hydrogen) atoms. The molecule has 0 bridgehead atoms. The number of hydrogen-bond donors (Lipinski definition) is 1. The summed E-state index contributed by atoms with van der Waals surface area (Å²) in [6, 6.07) is 13.3. The number of amidine groups is 1. The first-order valence-corrected chi connectivity index (χ1v) is 9.60. The molecule has 9 heteroatoms. The van der Waals surface area contributed by atoms with Gasteiger partial charge in [0.2, 0.25) is 5.82 Å². The zero-order valence-electron chi connectivity index (χ0n) is 13.5. The number of halogens is 1. The molecule has 0 saturated carbocycles. The van der Waals surface area contributed by atoms with Crippen LogP contribution in [0.15, 0.2) is 62.9 Å². The van der Waals surface area contributed by atoms with Gasteiger partial charge in [-0.05, 0) is 31.2 Å². The van der Waals surface area contributed by atoms with Gasteiger partial charge >= 0.3 is 0 Å². The fraction of sp³-hybridized carbons (Fsp3) is 0.118. The molecular formula is C17H13ClN4O3S. The van der Waals surface area contributed by atoms with Crippen molar-refractivity contribution in [1.82, 2.24) is 14.9 Å². The molecule has 1 aromatic heterocycles. The molecule has 132 valence electrons. The van der Waals surface area contributed by atoms with Gasteiger partial charge in [0.25, 0.3) is 15.9 Å². The maximum Gasteiger partial charge on any atom is 0.263 e. The second-order valence-electron chi connectivity index (χ2n) is 5.69. The van der Waals surface area contributed by atoms with Crippen molar-refractivity contribution in [3.05, 3.63) is 65.0 Å². The van der Waals surface area contributed by atoms with Gasteiger partial charge in [-0.2, -0.15) is 4.98 Å². The molecular weight excluding hydrogens is 376 g/mol. The van der Waals surface area contributed by atoms with Crippen LogP contribution in [0, 0.1) is 0 Å². The van der Waals surface area contributed by atoms with Crippen LogP contribution in [0.5, 0.6) is 0 Å². The molecule has 0 radical (unpaired) electrons. The van der Waals surface area contributed by atoms with Gasteiger partial charge in [0, 0.05) is 11.1 Å². The highest BCUT2D eigenvalue weighted by molar-refractivity contribution is 7.90. The first-order chi connectivity index (χ1) is 12.5. The Morgan fingerprint density at radius 1 is 1.12 bits per heavy atom. The van der Waals surface area contributed by atoms with Crippen LogP contribution in [0.3, 0.4) is 0 Å². The smallest absolute Gasteiger partial charge is 0.263 e. The highest BCUT2D eigenvalue weighted by Gasteiger charge is 2.31. The Hall–Kier alpha value is -2.71. The number of hydrogen-bond acceptors (Lipinski definition) is 6. The van der Waals surface area contributed by atoms with Crippen molar-refractivity contribution in [3.8, 4) is 11.4 Å². The molecule has 0 aliphatic carbocycles. The van der Waals surface area contributed by atoms with Crippen LogP contribution < -0.4 is 4.72 Å². The van der Waals surface area contributed by atoms with Crippen molar-refractivity contribution in [2.24, 2.45) is 4.99 Å². The van der Waals surface area contributed by atoms with E-state index >= 15 is 0 Å². The number of rotatable bonds is 3. The molecule has 7 nitrogen and oxygen atoms in total. The maximum absolute atomic E-state index is 12.2. The van der Waals surface area contributed by atoms with Gasteiger partial charge in [-0.15, -0.1) is 0 Å². The number of sulfonamides is 1. The summed E-state index contributed by atoms with van der Waals surface area (Å²) in [6.45, 7) is 1.74. The summed E-state index contributed by atoms with van der Waals surface area (Å²) in [6.07, 6.45) is 0. The summed E-state index contributed by atoms with van der Waals surface area (Å²) >= 11 is 6.15. The first-order valence-electron chi connectivity index (χ1n) is 7.74. The largest absolute Gasteiger partial charge is 0.337 e. The fourth-order valence-electron chi connectivity index (χ4n) is 2.64. The zero-order valence-corrected chi connectivity index (χ0v) is 15.1. The van der Waals surface area contributed by atoms with Crippen LogP contribution >= 0.6 is 11.6 Å². The summed E-state index contributed by atoms with van der Waals surface area (Å²) < 4.78 is 32.0. The third-order valence-corrected chi connectivity index (χ3v) is 5.63. The van der Waals surface area contributed by atoms with E-state index in [4.69, 9.17) is 16.1 Å². The van der Waals surface area contributed by atoms with Gasteiger partial charge in [-0.3, -0.25) is 9.71 Å². The Labute approximate surface area is 154 Å². The maximum atomic E-state index is 12.2. The van der Waals surface area contributed by atoms with Crippen molar-refractivity contribution in [2.75, 3.05) is 0 Å². The van der Waals surface area contributed by atoms with Crippen molar-refractivity contribution in [1.29, 1.82) is 0 Å². The lowest BCUT2D eigenvalue weighted by Crippen LogP contribution is -2.22. The van der Waals surface area contributed by atoms with Crippen molar-refractivity contribution < 1.29 is 12.9 Å². The molecule has 0 unspecified atom stereocenters. The van der Waals surface area contributed by atoms with Gasteiger partial charge in [0.05, 0.1) is 9.92 Å². The summed E-state index contributed by atoms with van der Waals surface area (Å²) in [5.74, 6) is 0.867. The van der Waals surface area contributed by atoms with Crippen LogP contribution in [0.25, 0.3) is 11.4 Å². The number of nitrogens with zero attached hydrogens (tertiary/aromatic N) is 3. The number of aliphatic imine (C=N–C) groups is 1. The minimum atomic E-state index is -3.59. The summed E-state index contributed by atoms with van der Waals surface area (Å²) in [5.41, 5.74) is 1.17. The van der Waals surface area contributed by atoms with E-state index in [0.717, 1.165) is 0 Å². The molecule has 0 amide bonds. The second kappa shape index (κ2) is 6.22. The van der Waals surface area contributed by atoms with Crippen LogP contribution in [-0.2, 0) is 10.0 Å². The second-order valence-corrected chi connectivity index (χ2v) is 7.75. The predicted octanol–water partition coefficient (Wildman–Crippen LogP) is 3.19. The molecule has 4 rings (SSSR count). The normalized spacial score (nSPS) is 17.7. The van der Waals surface area contributed by atoms with Crippen LogP contribution in [0.2, 0.25) is 5.02 Å². The summed E-state index contributed by atoms with van der Waals surface area (Å²) in [5, 5.41) is 4.45. The van der Waals surface area contributed by atoms with E-state index in [9.17, 15) is 8.42 Å². The van der Waals surface area contributed by atoms with Gasteiger partial charge in [-0.1, -0.05) is 41.0 Å². The van der Waals surface area contributed by atoms with Crippen LogP contribution in [0.1, 0.15) is 24.4 Å². The van der Waals surface area contributed by atoms with Gasteiger partial charge in [-0.25, -0.2) is 8.42 Å². The molecule has 1 aliphatic rings. The molecule has 1 aliphatic heterocycles. The van der Waals surface area contributed by atoms with Crippen molar-refractivity contribution >= 4 is 27.5 Å². The lowest BCUT2D eigenvalue weighted by atomic mass is 10.2. The molecule has 1 N–H and O–H groups in total. The SMILES string of the molecule is C[C@H](N=C1NS(=O)(=O)c2ccccc21)c1nc(-c2ccccc2Cl)no1. The number of fused-ring (bicyclic) bond motifs is 1. The Morgan fingerprint density at radius 2 is 1.81 bits per heavy atom. The van der Waals surface area contributed by atoms with Gasteiger partial charge in [0.15, 0.2) is 0 Å². The lowest BCUT2D eigenvalue weighted by Gasteiger charge is -2.03. The predicted molar refractivity (Wildman–Crippen MR) is 96.5 cm³/mol. The zero-order chi connectivity index (χ0) is 18.3. The molecule has 0 saturated heterocycles. The average molecular weight is 389 g/mol. The number of nitrogens with one attached hydrogen (secondary N) is 1. The van der Waals surface area contributed by atoms with E-state index in [2.05, 4.69) is 19.9 Å². The Kier molecular flexibility index (Phi) is 4.01. The molecule has 1 atom stereocenters. The average Bonchev–Trinajstić information content (AvgIpc) is 3.20. The van der Waals surface area contributed by atoms with Gasteiger partial charge < -0.3 is 4.52 Å². The Morgan fingerprint density at radius 3 is 2.58 bits per heavy atom. The highest BCUT2D eigenvalue weighted by Crippen LogP contribution is 2.28. The van der Waals surface area contributed by atoms with E-state index in [1.54, 1.807) is 37.3 Å². The fourth-order valence-corrected chi connectivity index (χ4v) is 4.09. The van der Waals surface area contributed by atoms with E-state index in [0.29, 0.717) is 22.0 Å². The molecule has 2 aromatic carbocycles. The van der Waals surface area contributed by atoms with E-state index in [1.807, 2.05) is 12.1 Å². The Balaban J connectivity index is 1.67. The van der Waals surface area contributed by atoms with Crippen molar-refractivity contribution in [3.63, 3.8) is 0 Å². The monoisotopic (exact) mass is 388 g/mol. The standard InChI is InChI=1S/C17H13ClN4O3S/c1-10(17-20-15(21-25-17)11-6-2-4-8-13(11)18)19-16-12-7-3-5-9-14(12)26(23,24)22-16/h2-10H,1H3,(H,19,22)/t10-/m0/s1. The minimum Gasteiger partial charge on any atom is -0.337 e. The van der Waals surface area contributed by atoms with Gasteiger partial charge in [0.1, 0.15) is 11.9 Å².